The third kappa shape index (κ3) is 4.06. The first-order chi connectivity index (χ1) is 10.0. The quantitative estimate of drug-likeness (QED) is 0.636. The fourth-order valence-corrected chi connectivity index (χ4v) is 3.49. The van der Waals surface area contributed by atoms with Crippen LogP contribution in [-0.4, -0.2) is 15.0 Å². The van der Waals surface area contributed by atoms with Crippen molar-refractivity contribution in [1.82, 2.24) is 4.72 Å². The van der Waals surface area contributed by atoms with Gasteiger partial charge in [0.1, 0.15) is 0 Å². The van der Waals surface area contributed by atoms with E-state index in [-0.39, 0.29) is 4.90 Å². The van der Waals surface area contributed by atoms with E-state index >= 15 is 0 Å². The zero-order valence-corrected chi connectivity index (χ0v) is 12.9. The van der Waals surface area contributed by atoms with Crippen molar-refractivity contribution >= 4 is 15.7 Å². The Labute approximate surface area is 126 Å². The van der Waals surface area contributed by atoms with Crippen LogP contribution in [0.1, 0.15) is 17.5 Å². The summed E-state index contributed by atoms with van der Waals surface area (Å²) in [6, 6.07) is 14.9. The molecule has 0 heterocycles. The molecule has 5 heteroatoms. The lowest BCUT2D eigenvalue weighted by molar-refractivity contribution is 0.578. The van der Waals surface area contributed by atoms with E-state index < -0.39 is 10.0 Å². The van der Waals surface area contributed by atoms with E-state index in [0.29, 0.717) is 17.8 Å². The molecule has 0 spiro atoms. The van der Waals surface area contributed by atoms with Gasteiger partial charge in [-0.2, -0.15) is 0 Å². The summed E-state index contributed by atoms with van der Waals surface area (Å²) in [6.07, 6.45) is 1.60. The zero-order chi connectivity index (χ0) is 15.3. The summed E-state index contributed by atoms with van der Waals surface area (Å²) in [5.74, 6) is 0. The van der Waals surface area contributed by atoms with E-state index in [1.165, 1.54) is 5.56 Å². The molecule has 4 nitrogen and oxygen atoms in total. The second-order valence-electron chi connectivity index (χ2n) is 4.96. The number of nitrogens with two attached hydrogens (primary N) is 1. The molecule has 0 amide bonds. The molecule has 0 saturated heterocycles. The molecule has 3 N–H and O–H groups in total. The number of hydrogen-bond donors (Lipinski definition) is 2. The molecule has 0 aliphatic rings. The van der Waals surface area contributed by atoms with Crippen LogP contribution in [0, 0.1) is 6.92 Å². The largest absolute Gasteiger partial charge is 0.398 e. The minimum atomic E-state index is -3.50. The van der Waals surface area contributed by atoms with Gasteiger partial charge in [-0.15, -0.1) is 0 Å². The lowest BCUT2D eigenvalue weighted by Crippen LogP contribution is -2.26. The highest BCUT2D eigenvalue weighted by molar-refractivity contribution is 7.89. The molecule has 0 aromatic heterocycles. The predicted octanol–water partition coefficient (Wildman–Crippen LogP) is 2.49. The lowest BCUT2D eigenvalue weighted by atomic mass is 10.1. The van der Waals surface area contributed by atoms with Crippen LogP contribution in [0.15, 0.2) is 53.4 Å². The summed E-state index contributed by atoms with van der Waals surface area (Å²) in [7, 11) is -3.50. The summed E-state index contributed by atoms with van der Waals surface area (Å²) in [5, 5.41) is 0. The molecule has 0 bridgehead atoms. The van der Waals surface area contributed by atoms with Gasteiger partial charge < -0.3 is 5.73 Å². The van der Waals surface area contributed by atoms with E-state index in [0.717, 1.165) is 12.8 Å². The van der Waals surface area contributed by atoms with Crippen LogP contribution in [0.5, 0.6) is 0 Å². The van der Waals surface area contributed by atoms with E-state index in [4.69, 9.17) is 5.73 Å². The van der Waals surface area contributed by atoms with Crippen LogP contribution in [0.4, 0.5) is 5.69 Å². The maximum atomic E-state index is 12.2. The van der Waals surface area contributed by atoms with Gasteiger partial charge in [0.25, 0.3) is 0 Å². The topological polar surface area (TPSA) is 72.2 Å². The fraction of sp³-hybridized carbons (Fsp3) is 0.250. The Bertz CT molecular complexity index is 697. The molecule has 0 unspecified atom stereocenters. The van der Waals surface area contributed by atoms with Crippen LogP contribution in [0.25, 0.3) is 0 Å². The highest BCUT2D eigenvalue weighted by Gasteiger charge is 2.16. The Morgan fingerprint density at radius 1 is 1.05 bits per heavy atom. The molecule has 112 valence electrons. The van der Waals surface area contributed by atoms with E-state index in [1.54, 1.807) is 25.1 Å². The summed E-state index contributed by atoms with van der Waals surface area (Å²) in [5.41, 5.74) is 8.04. The molecule has 0 fully saturated rings. The number of sulfonamides is 1. The molecule has 0 radical (unpaired) electrons. The highest BCUT2D eigenvalue weighted by atomic mass is 32.2. The second-order valence-corrected chi connectivity index (χ2v) is 6.69. The Balaban J connectivity index is 1.94. The molecule has 2 aromatic rings. The SMILES string of the molecule is Cc1c(N)cccc1S(=O)(=O)NCCCc1ccccc1. The van der Waals surface area contributed by atoms with Gasteiger partial charge in [-0.3, -0.25) is 0 Å². The molecular weight excluding hydrogens is 284 g/mol. The van der Waals surface area contributed by atoms with Gasteiger partial charge in [0.05, 0.1) is 4.90 Å². The van der Waals surface area contributed by atoms with Crippen LogP contribution in [-0.2, 0) is 16.4 Å². The van der Waals surface area contributed by atoms with Crippen LogP contribution in [0.3, 0.4) is 0 Å². The predicted molar refractivity (Wildman–Crippen MR) is 85.5 cm³/mol. The number of hydrogen-bond acceptors (Lipinski definition) is 3. The van der Waals surface area contributed by atoms with Crippen molar-refractivity contribution in [3.05, 3.63) is 59.7 Å². The molecule has 0 atom stereocenters. The van der Waals surface area contributed by atoms with E-state index in [9.17, 15) is 8.42 Å². The van der Waals surface area contributed by atoms with Gasteiger partial charge in [-0.05, 0) is 43.0 Å². The van der Waals surface area contributed by atoms with Gasteiger partial charge in [-0.25, -0.2) is 13.1 Å². The first kappa shape index (κ1) is 15.5. The monoisotopic (exact) mass is 304 g/mol. The number of rotatable bonds is 6. The third-order valence-corrected chi connectivity index (χ3v) is 5.00. The van der Waals surface area contributed by atoms with Crippen molar-refractivity contribution in [2.75, 3.05) is 12.3 Å². The van der Waals surface area contributed by atoms with Gasteiger partial charge in [-0.1, -0.05) is 36.4 Å². The van der Waals surface area contributed by atoms with Gasteiger partial charge in [0.15, 0.2) is 0 Å². The maximum absolute atomic E-state index is 12.2. The molecule has 0 aliphatic carbocycles. The smallest absolute Gasteiger partial charge is 0.240 e. The summed E-state index contributed by atoms with van der Waals surface area (Å²) in [4.78, 5) is 0.252. The molecule has 2 rings (SSSR count). The van der Waals surface area contributed by atoms with Crippen molar-refractivity contribution in [3.8, 4) is 0 Å². The number of anilines is 1. The van der Waals surface area contributed by atoms with E-state index in [2.05, 4.69) is 4.72 Å². The minimum absolute atomic E-state index is 0.252. The maximum Gasteiger partial charge on any atom is 0.240 e. The highest BCUT2D eigenvalue weighted by Crippen LogP contribution is 2.20. The van der Waals surface area contributed by atoms with Crippen LogP contribution < -0.4 is 10.5 Å². The normalized spacial score (nSPS) is 11.5. The first-order valence-electron chi connectivity index (χ1n) is 6.89. The fourth-order valence-electron chi connectivity index (χ4n) is 2.14. The van der Waals surface area contributed by atoms with Crippen LogP contribution in [0.2, 0.25) is 0 Å². The zero-order valence-electron chi connectivity index (χ0n) is 12.0. The summed E-state index contributed by atoms with van der Waals surface area (Å²) < 4.78 is 27.1. The second kappa shape index (κ2) is 6.74. The average Bonchev–Trinajstić information content (AvgIpc) is 2.47. The van der Waals surface area contributed by atoms with Gasteiger partial charge in [0, 0.05) is 12.2 Å². The third-order valence-electron chi connectivity index (χ3n) is 3.39. The Hall–Kier alpha value is -1.85. The molecule has 0 aliphatic heterocycles. The summed E-state index contributed by atoms with van der Waals surface area (Å²) >= 11 is 0. The van der Waals surface area contributed by atoms with Crippen molar-refractivity contribution < 1.29 is 8.42 Å². The van der Waals surface area contributed by atoms with E-state index in [1.807, 2.05) is 30.3 Å². The van der Waals surface area contributed by atoms with Crippen molar-refractivity contribution in [1.29, 1.82) is 0 Å². The standard InChI is InChI=1S/C16H20N2O2S/c1-13-15(17)10-5-11-16(13)21(19,20)18-12-6-9-14-7-3-2-4-8-14/h2-5,7-8,10-11,18H,6,9,12,17H2,1H3. The molecule has 2 aromatic carbocycles. The van der Waals surface area contributed by atoms with Gasteiger partial charge >= 0.3 is 0 Å². The minimum Gasteiger partial charge on any atom is -0.398 e. The van der Waals surface area contributed by atoms with Crippen molar-refractivity contribution in [2.45, 2.75) is 24.7 Å². The summed E-state index contributed by atoms with van der Waals surface area (Å²) in [6.45, 7) is 2.12. The van der Waals surface area contributed by atoms with Crippen LogP contribution >= 0.6 is 0 Å². The number of nitrogens with one attached hydrogen (secondary N) is 1. The van der Waals surface area contributed by atoms with Crippen molar-refractivity contribution in [3.63, 3.8) is 0 Å². The molecule has 21 heavy (non-hydrogen) atoms. The Morgan fingerprint density at radius 3 is 2.48 bits per heavy atom. The molecule has 0 saturated carbocycles. The Kier molecular flexibility index (Phi) is 4.98. The number of aryl methyl sites for hydroxylation is 1. The average molecular weight is 304 g/mol. The van der Waals surface area contributed by atoms with Gasteiger partial charge in [0.2, 0.25) is 10.0 Å². The first-order valence-corrected chi connectivity index (χ1v) is 8.38. The number of nitrogen functional groups attached to an aromatic ring is 1. The molecular formula is C16H20N2O2S. The van der Waals surface area contributed by atoms with Crippen molar-refractivity contribution in [2.24, 2.45) is 0 Å². The lowest BCUT2D eigenvalue weighted by Gasteiger charge is -2.10. The Morgan fingerprint density at radius 2 is 1.76 bits per heavy atom. The number of benzene rings is 2.